The van der Waals surface area contributed by atoms with Gasteiger partial charge >= 0.3 is 0 Å². The Morgan fingerprint density at radius 1 is 1.47 bits per heavy atom. The highest BCUT2D eigenvalue weighted by Gasteiger charge is 2.22. The van der Waals surface area contributed by atoms with Crippen LogP contribution < -0.4 is 10.5 Å². The van der Waals surface area contributed by atoms with Crippen molar-refractivity contribution in [1.29, 1.82) is 0 Å². The number of nitrogens with two attached hydrogens (primary N) is 1. The van der Waals surface area contributed by atoms with Gasteiger partial charge in [-0.2, -0.15) is 0 Å². The second-order valence-electron chi connectivity index (χ2n) is 4.84. The lowest BCUT2D eigenvalue weighted by atomic mass is 10.1. The predicted molar refractivity (Wildman–Crippen MR) is 77.5 cm³/mol. The summed E-state index contributed by atoms with van der Waals surface area (Å²) in [5, 5.41) is 3.24. The van der Waals surface area contributed by atoms with Crippen molar-refractivity contribution in [2.45, 2.75) is 38.8 Å². The van der Waals surface area contributed by atoms with Crippen LogP contribution in [0.2, 0.25) is 0 Å². The van der Waals surface area contributed by atoms with Crippen LogP contribution in [-0.4, -0.2) is 4.98 Å². The van der Waals surface area contributed by atoms with E-state index in [0.717, 1.165) is 30.7 Å². The Morgan fingerprint density at radius 3 is 3.16 bits per heavy atom. The van der Waals surface area contributed by atoms with Gasteiger partial charge in [-0.15, -0.1) is 11.3 Å². The Kier molecular flexibility index (Phi) is 3.53. The number of aryl methyl sites for hydroxylation is 1. The van der Waals surface area contributed by atoms with Gasteiger partial charge < -0.3 is 10.5 Å². The minimum Gasteiger partial charge on any atom is -0.487 e. The maximum absolute atomic E-state index is 6.08. The molecule has 0 saturated heterocycles. The topological polar surface area (TPSA) is 48.1 Å². The molecule has 0 fully saturated rings. The van der Waals surface area contributed by atoms with Gasteiger partial charge in [0, 0.05) is 11.4 Å². The highest BCUT2D eigenvalue weighted by molar-refractivity contribution is 7.09. The number of ether oxygens (including phenoxy) is 1. The third-order valence-electron chi connectivity index (χ3n) is 3.55. The van der Waals surface area contributed by atoms with Crippen LogP contribution in [0, 0.1) is 0 Å². The van der Waals surface area contributed by atoms with Gasteiger partial charge in [0.15, 0.2) is 0 Å². The van der Waals surface area contributed by atoms with Crippen molar-refractivity contribution in [2.75, 3.05) is 0 Å². The summed E-state index contributed by atoms with van der Waals surface area (Å²) >= 11 is 1.70. The Labute approximate surface area is 117 Å². The van der Waals surface area contributed by atoms with Crippen LogP contribution in [0.25, 0.3) is 0 Å². The molecule has 1 atom stereocenters. The number of hydrogen-bond donors (Lipinski definition) is 1. The third kappa shape index (κ3) is 2.51. The van der Waals surface area contributed by atoms with Gasteiger partial charge in [-0.1, -0.05) is 19.1 Å². The molecule has 0 aliphatic heterocycles. The van der Waals surface area contributed by atoms with Gasteiger partial charge in [-0.05, 0) is 36.5 Å². The summed E-state index contributed by atoms with van der Waals surface area (Å²) in [6.07, 6.45) is 3.02. The molecule has 3 rings (SSSR count). The summed E-state index contributed by atoms with van der Waals surface area (Å²) < 4.78 is 5.93. The van der Waals surface area contributed by atoms with Crippen molar-refractivity contribution >= 4 is 11.3 Å². The Balaban J connectivity index is 1.74. The summed E-state index contributed by atoms with van der Waals surface area (Å²) in [7, 11) is 0. The molecule has 1 aliphatic carbocycles. The first-order valence-corrected chi connectivity index (χ1v) is 7.59. The van der Waals surface area contributed by atoms with Crippen LogP contribution in [0.15, 0.2) is 23.6 Å². The third-order valence-corrected chi connectivity index (χ3v) is 4.59. The molecule has 1 aliphatic rings. The van der Waals surface area contributed by atoms with Crippen LogP contribution >= 0.6 is 11.3 Å². The quantitative estimate of drug-likeness (QED) is 0.931. The molecule has 1 unspecified atom stereocenters. The molecular weight excluding hydrogens is 256 g/mol. The summed E-state index contributed by atoms with van der Waals surface area (Å²) in [6, 6.07) is 6.34. The van der Waals surface area contributed by atoms with E-state index in [1.807, 2.05) is 12.1 Å². The molecule has 4 heteroatoms. The van der Waals surface area contributed by atoms with Crippen molar-refractivity contribution in [3.8, 4) is 5.75 Å². The maximum atomic E-state index is 6.08. The molecule has 0 saturated carbocycles. The predicted octanol–water partition coefficient (Wildman–Crippen LogP) is 3.23. The summed E-state index contributed by atoms with van der Waals surface area (Å²) in [4.78, 5) is 4.52. The molecule has 0 radical (unpaired) electrons. The van der Waals surface area contributed by atoms with Gasteiger partial charge in [-0.3, -0.25) is 0 Å². The first-order chi connectivity index (χ1) is 9.28. The summed E-state index contributed by atoms with van der Waals surface area (Å²) in [5.74, 6) is 0.969. The minimum absolute atomic E-state index is 0.171. The van der Waals surface area contributed by atoms with Crippen molar-refractivity contribution in [3.63, 3.8) is 0 Å². The second kappa shape index (κ2) is 5.31. The summed E-state index contributed by atoms with van der Waals surface area (Å²) in [6.45, 7) is 2.66. The van der Waals surface area contributed by atoms with Gasteiger partial charge in [0.05, 0.1) is 10.7 Å². The lowest BCUT2D eigenvalue weighted by Crippen LogP contribution is -2.05. The second-order valence-corrected chi connectivity index (χ2v) is 5.79. The van der Waals surface area contributed by atoms with E-state index < -0.39 is 0 Å². The van der Waals surface area contributed by atoms with Crippen LogP contribution in [0.3, 0.4) is 0 Å². The van der Waals surface area contributed by atoms with E-state index in [0.29, 0.717) is 6.61 Å². The van der Waals surface area contributed by atoms with Crippen LogP contribution in [0.4, 0.5) is 0 Å². The number of nitrogens with zero attached hydrogens (tertiary/aromatic N) is 1. The molecule has 0 spiro atoms. The van der Waals surface area contributed by atoms with Gasteiger partial charge in [0.1, 0.15) is 12.4 Å². The minimum atomic E-state index is 0.171. The lowest BCUT2D eigenvalue weighted by Gasteiger charge is -2.10. The zero-order valence-corrected chi connectivity index (χ0v) is 11.9. The molecule has 1 aromatic heterocycles. The fourth-order valence-electron chi connectivity index (χ4n) is 2.52. The number of hydrogen-bond acceptors (Lipinski definition) is 4. The van der Waals surface area contributed by atoms with Gasteiger partial charge in [0.2, 0.25) is 0 Å². The first kappa shape index (κ1) is 12.6. The fourth-order valence-corrected chi connectivity index (χ4v) is 3.25. The zero-order valence-electron chi connectivity index (χ0n) is 11.1. The normalized spacial score (nSPS) is 17.5. The first-order valence-electron chi connectivity index (χ1n) is 6.71. The number of thiazole rings is 1. The monoisotopic (exact) mass is 274 g/mol. The van der Waals surface area contributed by atoms with Crippen molar-refractivity contribution < 1.29 is 4.74 Å². The summed E-state index contributed by atoms with van der Waals surface area (Å²) in [5.41, 5.74) is 9.61. The molecular formula is C15H18N2OS. The number of benzene rings is 1. The number of fused-ring (bicyclic) bond motifs is 1. The lowest BCUT2D eigenvalue weighted by molar-refractivity contribution is 0.299. The van der Waals surface area contributed by atoms with Crippen LogP contribution in [-0.2, 0) is 19.4 Å². The van der Waals surface area contributed by atoms with Crippen molar-refractivity contribution in [2.24, 2.45) is 5.73 Å². The number of rotatable bonds is 4. The zero-order chi connectivity index (χ0) is 13.2. The van der Waals surface area contributed by atoms with E-state index in [2.05, 4.69) is 23.4 Å². The molecule has 2 N–H and O–H groups in total. The average Bonchev–Trinajstić information content (AvgIpc) is 3.04. The smallest absolute Gasteiger partial charge is 0.131 e. The standard InChI is InChI=1S/C15H18N2OS/c1-2-15-17-10(9-19-15)8-18-14-5-3-4-11-12(14)6-7-13(11)16/h3-5,9,13H,2,6-8,16H2,1H3. The Hall–Kier alpha value is -1.39. The fraction of sp³-hybridized carbons (Fsp3) is 0.400. The largest absolute Gasteiger partial charge is 0.487 e. The van der Waals surface area contributed by atoms with Crippen molar-refractivity contribution in [3.05, 3.63) is 45.4 Å². The Morgan fingerprint density at radius 2 is 2.37 bits per heavy atom. The molecule has 1 heterocycles. The van der Waals surface area contributed by atoms with E-state index in [1.54, 1.807) is 11.3 Å². The van der Waals surface area contributed by atoms with Crippen LogP contribution in [0.1, 0.15) is 41.2 Å². The van der Waals surface area contributed by atoms with Gasteiger partial charge in [0.25, 0.3) is 0 Å². The highest BCUT2D eigenvalue weighted by Crippen LogP contribution is 2.35. The highest BCUT2D eigenvalue weighted by atomic mass is 32.1. The Bertz CT molecular complexity index is 579. The van der Waals surface area contributed by atoms with E-state index in [4.69, 9.17) is 10.5 Å². The molecule has 0 bridgehead atoms. The molecule has 0 amide bonds. The van der Waals surface area contributed by atoms with E-state index in [9.17, 15) is 0 Å². The molecule has 1 aromatic carbocycles. The van der Waals surface area contributed by atoms with Crippen LogP contribution in [0.5, 0.6) is 5.75 Å². The maximum Gasteiger partial charge on any atom is 0.131 e. The van der Waals surface area contributed by atoms with Crippen molar-refractivity contribution in [1.82, 2.24) is 4.98 Å². The van der Waals surface area contributed by atoms with E-state index in [-0.39, 0.29) is 6.04 Å². The molecule has 2 aromatic rings. The van der Waals surface area contributed by atoms with E-state index in [1.165, 1.54) is 16.1 Å². The molecule has 19 heavy (non-hydrogen) atoms. The van der Waals surface area contributed by atoms with E-state index >= 15 is 0 Å². The van der Waals surface area contributed by atoms with Gasteiger partial charge in [-0.25, -0.2) is 4.98 Å². The number of aromatic nitrogens is 1. The molecule has 100 valence electrons. The average molecular weight is 274 g/mol. The molecule has 3 nitrogen and oxygen atoms in total. The SMILES string of the molecule is CCc1nc(COc2cccc3c2CCC3N)cs1.